The van der Waals surface area contributed by atoms with Gasteiger partial charge < -0.3 is 15.6 Å². The third-order valence-corrected chi connectivity index (χ3v) is 7.88. The summed E-state index contributed by atoms with van der Waals surface area (Å²) in [6.45, 7) is 2.06. The Morgan fingerprint density at radius 1 is 1.09 bits per heavy atom. The summed E-state index contributed by atoms with van der Waals surface area (Å²) in [4.78, 5) is -0.0460. The lowest BCUT2D eigenvalue weighted by molar-refractivity contribution is 0.357. The zero-order chi connectivity index (χ0) is 24.0. The average molecular weight is 472 g/mol. The number of hydrogen-bond acceptors (Lipinski definition) is 6. The Morgan fingerprint density at radius 2 is 1.82 bits per heavy atom. The van der Waals surface area contributed by atoms with Crippen molar-refractivity contribution in [1.82, 2.24) is 0 Å². The quantitative estimate of drug-likeness (QED) is 0.591. The molecule has 8 heteroatoms. The second-order valence-electron chi connectivity index (χ2n) is 8.23. The van der Waals surface area contributed by atoms with Crippen molar-refractivity contribution in [1.29, 1.82) is 5.26 Å². The van der Waals surface area contributed by atoms with E-state index in [4.69, 9.17) is 10.5 Å². The van der Waals surface area contributed by atoms with Crippen LogP contribution in [0.15, 0.2) is 89.2 Å². The predicted octanol–water partition coefficient (Wildman–Crippen LogP) is 4.23. The number of benzene rings is 3. The number of phenols is 1. The number of nitrogens with two attached hydrogens (primary N) is 1. The minimum Gasteiger partial charge on any atom is -0.508 e. The van der Waals surface area contributed by atoms with E-state index in [1.807, 2.05) is 37.3 Å². The van der Waals surface area contributed by atoms with Gasteiger partial charge in [0.25, 0.3) is 10.0 Å². The first-order valence-electron chi connectivity index (χ1n) is 10.6. The highest BCUT2D eigenvalue weighted by atomic mass is 32.2. The number of hydrogen-bond donors (Lipinski definition) is 2. The third-order valence-electron chi connectivity index (χ3n) is 5.99. The van der Waals surface area contributed by atoms with Crippen molar-refractivity contribution in [3.8, 4) is 11.8 Å². The van der Waals surface area contributed by atoms with Gasteiger partial charge in [-0.05, 0) is 42.3 Å². The van der Waals surface area contributed by atoms with Crippen LogP contribution in [0.4, 0.5) is 5.69 Å². The first kappa shape index (κ1) is 21.6. The van der Waals surface area contributed by atoms with Crippen molar-refractivity contribution < 1.29 is 18.3 Å². The molecule has 0 unspecified atom stereocenters. The van der Waals surface area contributed by atoms with Gasteiger partial charge >= 0.3 is 0 Å². The van der Waals surface area contributed by atoms with Gasteiger partial charge in [0.1, 0.15) is 22.3 Å². The SMILES string of the molecule is Cc1cccc(CN2c3ccccc3C3=C([C@@H](c4ccc(O)cc4)C(C#N)=C(N)O3)S2(=O)=O)c1. The molecule has 2 heterocycles. The van der Waals surface area contributed by atoms with Crippen LogP contribution in [0.5, 0.6) is 5.75 Å². The zero-order valence-electron chi connectivity index (χ0n) is 18.3. The summed E-state index contributed by atoms with van der Waals surface area (Å²) in [5.74, 6) is -0.978. The number of fused-ring (bicyclic) bond motifs is 2. The monoisotopic (exact) mass is 471 g/mol. The van der Waals surface area contributed by atoms with E-state index in [1.54, 1.807) is 36.4 Å². The van der Waals surface area contributed by atoms with E-state index >= 15 is 0 Å². The van der Waals surface area contributed by atoms with Crippen molar-refractivity contribution in [3.63, 3.8) is 0 Å². The summed E-state index contributed by atoms with van der Waals surface area (Å²) in [6, 6.07) is 22.8. The van der Waals surface area contributed by atoms with E-state index < -0.39 is 15.9 Å². The van der Waals surface area contributed by atoms with Crippen LogP contribution in [-0.2, 0) is 21.3 Å². The Bertz CT molecular complexity index is 1520. The van der Waals surface area contributed by atoms with Gasteiger partial charge in [-0.15, -0.1) is 0 Å². The number of nitriles is 1. The largest absolute Gasteiger partial charge is 0.508 e. The van der Waals surface area contributed by atoms with Crippen LogP contribution in [0.1, 0.15) is 28.2 Å². The van der Waals surface area contributed by atoms with Gasteiger partial charge in [-0.2, -0.15) is 5.26 Å². The Labute approximate surface area is 197 Å². The fraction of sp³-hybridized carbons (Fsp3) is 0.115. The van der Waals surface area contributed by atoms with Gasteiger partial charge in [0.15, 0.2) is 5.76 Å². The van der Waals surface area contributed by atoms with Crippen LogP contribution >= 0.6 is 0 Å². The molecule has 2 aliphatic heterocycles. The summed E-state index contributed by atoms with van der Waals surface area (Å²) >= 11 is 0. The number of anilines is 1. The number of nitrogens with zero attached hydrogens (tertiary/aromatic N) is 2. The van der Waals surface area contributed by atoms with E-state index in [9.17, 15) is 18.8 Å². The summed E-state index contributed by atoms with van der Waals surface area (Å²) in [6.07, 6.45) is 0. The van der Waals surface area contributed by atoms with Crippen LogP contribution in [0.2, 0.25) is 0 Å². The molecule has 5 rings (SSSR count). The van der Waals surface area contributed by atoms with Crippen molar-refractivity contribution in [3.05, 3.63) is 111 Å². The van der Waals surface area contributed by atoms with Crippen LogP contribution in [0.3, 0.4) is 0 Å². The Kier molecular flexibility index (Phi) is 5.07. The number of sulfonamides is 1. The number of aryl methyl sites for hydroxylation is 1. The number of allylic oxidation sites excluding steroid dienone is 2. The van der Waals surface area contributed by atoms with Crippen molar-refractivity contribution in [2.24, 2.45) is 5.73 Å². The van der Waals surface area contributed by atoms with Crippen LogP contribution < -0.4 is 10.0 Å². The fourth-order valence-electron chi connectivity index (χ4n) is 4.46. The van der Waals surface area contributed by atoms with Gasteiger partial charge in [-0.25, -0.2) is 8.42 Å². The minimum atomic E-state index is -4.14. The van der Waals surface area contributed by atoms with E-state index in [2.05, 4.69) is 0 Å². The number of phenolic OH excluding ortho intramolecular Hbond substituents is 1. The minimum absolute atomic E-state index is 0.00269. The van der Waals surface area contributed by atoms with Crippen molar-refractivity contribution in [2.75, 3.05) is 4.31 Å². The molecule has 7 nitrogen and oxygen atoms in total. The second kappa shape index (κ2) is 7.97. The molecular weight excluding hydrogens is 450 g/mol. The van der Waals surface area contributed by atoms with Gasteiger partial charge in [0, 0.05) is 5.56 Å². The lowest BCUT2D eigenvalue weighted by Crippen LogP contribution is -2.39. The number of rotatable bonds is 3. The number of ether oxygens (including phenoxy) is 1. The molecule has 0 spiro atoms. The lowest BCUT2D eigenvalue weighted by Gasteiger charge is -2.38. The van der Waals surface area contributed by atoms with Gasteiger partial charge in [0.2, 0.25) is 5.88 Å². The first-order chi connectivity index (χ1) is 16.3. The third kappa shape index (κ3) is 3.38. The smallest absolute Gasteiger partial charge is 0.265 e. The average Bonchev–Trinajstić information content (AvgIpc) is 2.81. The van der Waals surface area contributed by atoms with Crippen LogP contribution in [0.25, 0.3) is 5.76 Å². The normalized spacial score (nSPS) is 18.6. The molecular formula is C26H21N3O4S. The highest BCUT2D eigenvalue weighted by Crippen LogP contribution is 2.51. The van der Waals surface area contributed by atoms with Crippen molar-refractivity contribution >= 4 is 21.5 Å². The molecule has 0 bridgehead atoms. The van der Waals surface area contributed by atoms with E-state index in [0.29, 0.717) is 16.8 Å². The lowest BCUT2D eigenvalue weighted by atomic mass is 9.88. The van der Waals surface area contributed by atoms with Crippen molar-refractivity contribution in [2.45, 2.75) is 19.4 Å². The molecule has 0 aromatic heterocycles. The molecule has 34 heavy (non-hydrogen) atoms. The number of para-hydroxylation sites is 1. The fourth-order valence-corrected chi connectivity index (χ4v) is 6.37. The maximum Gasteiger partial charge on any atom is 0.265 e. The summed E-state index contributed by atoms with van der Waals surface area (Å²) in [5, 5.41) is 19.6. The Balaban J connectivity index is 1.76. The molecule has 170 valence electrons. The van der Waals surface area contributed by atoms with Gasteiger partial charge in [0.05, 0.1) is 18.2 Å². The topological polar surface area (TPSA) is 117 Å². The molecule has 0 fully saturated rings. The molecule has 3 aromatic rings. The summed E-state index contributed by atoms with van der Waals surface area (Å²) in [7, 11) is -4.14. The maximum atomic E-state index is 14.2. The van der Waals surface area contributed by atoms with E-state index in [-0.39, 0.29) is 34.4 Å². The maximum absolute atomic E-state index is 14.2. The molecule has 0 saturated heterocycles. The molecule has 0 saturated carbocycles. The van der Waals surface area contributed by atoms with E-state index in [1.165, 1.54) is 16.4 Å². The Hall–Kier alpha value is -4.22. The molecule has 0 amide bonds. The standard InChI is InChI=1S/C26H21N3O4S/c1-16-5-4-6-17(13-16)15-29-22-8-3-2-7-20(22)24-25(34(29,31)32)23(21(14-27)26(28)33-24)18-9-11-19(30)12-10-18/h2-13,23,30H,15,28H2,1H3/t23-/m0/s1. The molecule has 3 N–H and O–H groups in total. The summed E-state index contributed by atoms with van der Waals surface area (Å²) in [5.41, 5.74) is 9.52. The first-order valence-corrected chi connectivity index (χ1v) is 12.0. The van der Waals surface area contributed by atoms with Crippen LogP contribution in [-0.4, -0.2) is 13.5 Å². The Morgan fingerprint density at radius 3 is 2.53 bits per heavy atom. The molecule has 0 aliphatic carbocycles. The zero-order valence-corrected chi connectivity index (χ0v) is 19.1. The highest BCUT2D eigenvalue weighted by Gasteiger charge is 2.47. The second-order valence-corrected chi connectivity index (χ2v) is 10.1. The molecule has 1 atom stereocenters. The van der Waals surface area contributed by atoms with Gasteiger partial charge in [-0.3, -0.25) is 4.31 Å². The molecule has 0 radical (unpaired) electrons. The van der Waals surface area contributed by atoms with Gasteiger partial charge in [-0.1, -0.05) is 54.1 Å². The number of aromatic hydroxyl groups is 1. The highest BCUT2D eigenvalue weighted by molar-refractivity contribution is 7.96. The van der Waals surface area contributed by atoms with E-state index in [0.717, 1.165) is 11.1 Å². The molecule has 2 aliphatic rings. The van der Waals surface area contributed by atoms with Crippen LogP contribution in [0, 0.1) is 18.3 Å². The predicted molar refractivity (Wildman–Crippen MR) is 128 cm³/mol. The molecule has 3 aromatic carbocycles. The summed E-state index contributed by atoms with van der Waals surface area (Å²) < 4.78 is 35.5.